The number of thiazole rings is 1. The largest absolute Gasteiger partial charge is 0.333 e. The molecule has 4 nitrogen and oxygen atoms in total. The molecule has 0 bridgehead atoms. The van der Waals surface area contributed by atoms with Crippen molar-refractivity contribution in [2.45, 2.75) is 31.7 Å². The number of fused-ring (bicyclic) bond motifs is 1. The van der Waals surface area contributed by atoms with Gasteiger partial charge in [0.25, 0.3) is 0 Å². The zero-order valence-electron chi connectivity index (χ0n) is 12.6. The minimum absolute atomic E-state index is 0.194. The fourth-order valence-corrected chi connectivity index (χ4v) is 4.74. The zero-order chi connectivity index (χ0) is 14.9. The highest BCUT2D eigenvalue weighted by Crippen LogP contribution is 2.37. The van der Waals surface area contributed by atoms with Crippen molar-refractivity contribution in [3.63, 3.8) is 0 Å². The van der Waals surface area contributed by atoms with Gasteiger partial charge in [-0.2, -0.15) is 0 Å². The van der Waals surface area contributed by atoms with Crippen LogP contribution in [0.2, 0.25) is 0 Å². The monoisotopic (exact) mass is 315 g/mol. The normalized spacial score (nSPS) is 23.3. The Bertz CT molecular complexity index is 644. The van der Waals surface area contributed by atoms with Gasteiger partial charge in [-0.05, 0) is 50.9 Å². The fourth-order valence-electron chi connectivity index (χ4n) is 3.62. The highest BCUT2D eigenvalue weighted by Gasteiger charge is 2.35. The number of amides is 1. The lowest BCUT2D eigenvalue weighted by molar-refractivity contribution is -0.137. The number of para-hydroxylation sites is 1. The number of rotatable bonds is 2. The number of carbonyl (C=O) groups excluding carboxylic acids is 1. The van der Waals surface area contributed by atoms with Crippen LogP contribution in [-0.2, 0) is 4.79 Å². The van der Waals surface area contributed by atoms with Crippen molar-refractivity contribution in [1.82, 2.24) is 15.2 Å². The van der Waals surface area contributed by atoms with Crippen LogP contribution >= 0.6 is 11.3 Å². The van der Waals surface area contributed by atoms with Crippen molar-refractivity contribution in [2.24, 2.45) is 5.92 Å². The highest BCUT2D eigenvalue weighted by molar-refractivity contribution is 7.18. The summed E-state index contributed by atoms with van der Waals surface area (Å²) in [5.41, 5.74) is 1.06. The van der Waals surface area contributed by atoms with Gasteiger partial charge in [-0.15, -0.1) is 11.3 Å². The van der Waals surface area contributed by atoms with E-state index in [-0.39, 0.29) is 12.0 Å². The first kappa shape index (κ1) is 14.2. The molecule has 1 unspecified atom stereocenters. The van der Waals surface area contributed by atoms with Crippen molar-refractivity contribution in [3.05, 3.63) is 29.3 Å². The molecule has 2 fully saturated rings. The Balaban J connectivity index is 1.58. The summed E-state index contributed by atoms with van der Waals surface area (Å²) < 4.78 is 1.22. The number of nitrogens with one attached hydrogen (secondary N) is 1. The van der Waals surface area contributed by atoms with E-state index in [1.807, 2.05) is 6.07 Å². The second kappa shape index (κ2) is 5.97. The van der Waals surface area contributed by atoms with Gasteiger partial charge in [-0.25, -0.2) is 4.98 Å². The Kier molecular flexibility index (Phi) is 3.84. The SMILES string of the molecule is O=C(C1CCNCC1)N1CCCC1c1nc2ccccc2s1. The standard InChI is InChI=1S/C17H21N3OS/c21-17(12-7-9-18-10-8-12)20-11-3-5-14(20)16-19-13-4-1-2-6-15(13)22-16/h1-2,4,6,12,14,18H,3,5,7-11H2. The summed E-state index contributed by atoms with van der Waals surface area (Å²) in [6.07, 6.45) is 4.09. The third-order valence-corrected chi connectivity index (χ3v) is 5.96. The molecule has 116 valence electrons. The average Bonchev–Trinajstić information content (AvgIpc) is 3.21. The lowest BCUT2D eigenvalue weighted by Crippen LogP contribution is -2.40. The van der Waals surface area contributed by atoms with E-state index >= 15 is 0 Å². The molecule has 2 aromatic rings. The summed E-state index contributed by atoms with van der Waals surface area (Å²) in [6.45, 7) is 2.83. The Hall–Kier alpha value is -1.46. The molecular weight excluding hydrogens is 294 g/mol. The van der Waals surface area contributed by atoms with Crippen molar-refractivity contribution in [2.75, 3.05) is 19.6 Å². The molecule has 0 aliphatic carbocycles. The van der Waals surface area contributed by atoms with Crippen LogP contribution in [-0.4, -0.2) is 35.4 Å². The van der Waals surface area contributed by atoms with E-state index in [4.69, 9.17) is 4.98 Å². The van der Waals surface area contributed by atoms with Crippen LogP contribution in [0.1, 0.15) is 36.7 Å². The third-order valence-electron chi connectivity index (χ3n) is 4.82. The first-order valence-corrected chi connectivity index (χ1v) is 9.01. The first-order chi connectivity index (χ1) is 10.8. The lowest BCUT2D eigenvalue weighted by atomic mass is 9.96. The van der Waals surface area contributed by atoms with Gasteiger partial charge in [0.1, 0.15) is 5.01 Å². The van der Waals surface area contributed by atoms with Crippen molar-refractivity contribution < 1.29 is 4.79 Å². The minimum atomic E-state index is 0.194. The predicted octanol–water partition coefficient (Wildman–Crippen LogP) is 2.96. The summed E-state index contributed by atoms with van der Waals surface area (Å²) in [7, 11) is 0. The van der Waals surface area contributed by atoms with Gasteiger partial charge in [-0.3, -0.25) is 4.79 Å². The topological polar surface area (TPSA) is 45.2 Å². The summed E-state index contributed by atoms with van der Waals surface area (Å²) in [5, 5.41) is 4.45. The number of likely N-dealkylation sites (tertiary alicyclic amines) is 1. The molecule has 2 aliphatic rings. The van der Waals surface area contributed by atoms with E-state index in [9.17, 15) is 4.79 Å². The molecule has 0 saturated carbocycles. The van der Waals surface area contributed by atoms with Crippen LogP contribution < -0.4 is 5.32 Å². The van der Waals surface area contributed by atoms with Gasteiger partial charge >= 0.3 is 0 Å². The minimum Gasteiger partial charge on any atom is -0.333 e. The van der Waals surface area contributed by atoms with Crippen LogP contribution in [0.25, 0.3) is 10.2 Å². The number of aromatic nitrogens is 1. The van der Waals surface area contributed by atoms with Gasteiger partial charge in [0.05, 0.1) is 16.3 Å². The molecule has 1 amide bonds. The molecular formula is C17H21N3OS. The van der Waals surface area contributed by atoms with Gasteiger partial charge in [-0.1, -0.05) is 12.1 Å². The van der Waals surface area contributed by atoms with Gasteiger partial charge in [0.2, 0.25) is 5.91 Å². The quantitative estimate of drug-likeness (QED) is 0.927. The molecule has 1 aromatic carbocycles. The fraction of sp³-hybridized carbons (Fsp3) is 0.529. The lowest BCUT2D eigenvalue weighted by Gasteiger charge is -2.30. The molecule has 1 aromatic heterocycles. The summed E-state index contributed by atoms with van der Waals surface area (Å²) in [4.78, 5) is 19.8. The smallest absolute Gasteiger partial charge is 0.226 e. The Labute approximate surface area is 134 Å². The maximum absolute atomic E-state index is 12.9. The third kappa shape index (κ3) is 2.52. The van der Waals surface area contributed by atoms with Crippen LogP contribution in [0.15, 0.2) is 24.3 Å². The Morgan fingerprint density at radius 2 is 2.05 bits per heavy atom. The second-order valence-electron chi connectivity index (χ2n) is 6.23. The number of benzene rings is 1. The molecule has 5 heteroatoms. The van der Waals surface area contributed by atoms with E-state index < -0.39 is 0 Å². The summed E-state index contributed by atoms with van der Waals surface area (Å²) in [5.74, 6) is 0.555. The van der Waals surface area contributed by atoms with Crippen LogP contribution in [0.5, 0.6) is 0 Å². The van der Waals surface area contributed by atoms with Crippen LogP contribution in [0, 0.1) is 5.92 Å². The highest BCUT2D eigenvalue weighted by atomic mass is 32.1. The maximum atomic E-state index is 12.9. The van der Waals surface area contributed by atoms with Gasteiger partial charge in [0, 0.05) is 12.5 Å². The van der Waals surface area contributed by atoms with Gasteiger partial charge in [0.15, 0.2) is 0 Å². The molecule has 2 aliphatic heterocycles. The number of hydrogen-bond donors (Lipinski definition) is 1. The first-order valence-electron chi connectivity index (χ1n) is 8.19. The van der Waals surface area contributed by atoms with Crippen molar-refractivity contribution in [3.8, 4) is 0 Å². The number of hydrogen-bond acceptors (Lipinski definition) is 4. The Morgan fingerprint density at radius 1 is 1.23 bits per heavy atom. The molecule has 1 atom stereocenters. The molecule has 22 heavy (non-hydrogen) atoms. The van der Waals surface area contributed by atoms with E-state index in [1.54, 1.807) is 11.3 Å². The van der Waals surface area contributed by atoms with Gasteiger partial charge < -0.3 is 10.2 Å². The maximum Gasteiger partial charge on any atom is 0.226 e. The molecule has 0 spiro atoms. The van der Waals surface area contributed by atoms with E-state index in [0.717, 1.165) is 55.8 Å². The summed E-state index contributed by atoms with van der Waals surface area (Å²) in [6, 6.07) is 8.45. The number of piperidine rings is 1. The Morgan fingerprint density at radius 3 is 2.86 bits per heavy atom. The molecule has 0 radical (unpaired) electrons. The van der Waals surface area contributed by atoms with Crippen LogP contribution in [0.4, 0.5) is 0 Å². The average molecular weight is 315 g/mol. The number of carbonyl (C=O) groups is 1. The van der Waals surface area contributed by atoms with E-state index in [2.05, 4.69) is 28.4 Å². The summed E-state index contributed by atoms with van der Waals surface area (Å²) >= 11 is 1.75. The van der Waals surface area contributed by atoms with Crippen molar-refractivity contribution in [1.29, 1.82) is 0 Å². The zero-order valence-corrected chi connectivity index (χ0v) is 13.4. The molecule has 2 saturated heterocycles. The molecule has 3 heterocycles. The molecule has 4 rings (SSSR count). The number of nitrogens with zero attached hydrogens (tertiary/aromatic N) is 2. The van der Waals surface area contributed by atoms with E-state index in [0.29, 0.717) is 5.91 Å². The van der Waals surface area contributed by atoms with Crippen molar-refractivity contribution >= 4 is 27.5 Å². The van der Waals surface area contributed by atoms with E-state index in [1.165, 1.54) is 4.70 Å². The van der Waals surface area contributed by atoms with Crippen LogP contribution in [0.3, 0.4) is 0 Å². The predicted molar refractivity (Wildman–Crippen MR) is 88.9 cm³/mol. The second-order valence-corrected chi connectivity index (χ2v) is 7.30. The molecule has 1 N–H and O–H groups in total.